The SMILES string of the molecule is COc1ccccc1-c1nnc(SCC(=O)NCCc2cnc[nH]2)n1-c1ccc(C)cc1. The molecule has 0 bridgehead atoms. The average molecular weight is 449 g/mol. The normalized spacial score (nSPS) is 10.8. The summed E-state index contributed by atoms with van der Waals surface area (Å²) in [5, 5.41) is 12.4. The molecule has 164 valence electrons. The van der Waals surface area contributed by atoms with Crippen LogP contribution < -0.4 is 10.1 Å². The first-order chi connectivity index (χ1) is 15.7. The Kier molecular flexibility index (Phi) is 6.86. The third-order valence-electron chi connectivity index (χ3n) is 4.88. The molecule has 0 aliphatic carbocycles. The highest BCUT2D eigenvalue weighted by atomic mass is 32.2. The largest absolute Gasteiger partial charge is 0.496 e. The highest BCUT2D eigenvalue weighted by molar-refractivity contribution is 7.99. The second kappa shape index (κ2) is 10.1. The zero-order chi connectivity index (χ0) is 22.3. The number of ether oxygens (including phenoxy) is 1. The summed E-state index contributed by atoms with van der Waals surface area (Å²) in [6.07, 6.45) is 4.09. The van der Waals surface area contributed by atoms with E-state index in [4.69, 9.17) is 4.74 Å². The van der Waals surface area contributed by atoms with E-state index in [1.54, 1.807) is 19.6 Å². The number of amides is 1. The minimum absolute atomic E-state index is 0.0631. The number of H-pyrrole nitrogens is 1. The van der Waals surface area contributed by atoms with Gasteiger partial charge in [0.1, 0.15) is 5.75 Å². The van der Waals surface area contributed by atoms with Gasteiger partial charge in [0.2, 0.25) is 5.91 Å². The molecule has 2 aromatic carbocycles. The predicted octanol–water partition coefficient (Wildman–Crippen LogP) is 3.43. The summed E-state index contributed by atoms with van der Waals surface area (Å²) < 4.78 is 7.49. The number of hydrogen-bond acceptors (Lipinski definition) is 6. The van der Waals surface area contributed by atoms with Gasteiger partial charge in [-0.25, -0.2) is 4.98 Å². The van der Waals surface area contributed by atoms with Gasteiger partial charge in [0, 0.05) is 30.5 Å². The molecule has 0 spiro atoms. The van der Waals surface area contributed by atoms with Crippen LogP contribution in [0.4, 0.5) is 0 Å². The van der Waals surface area contributed by atoms with E-state index in [-0.39, 0.29) is 11.7 Å². The van der Waals surface area contributed by atoms with E-state index in [0.29, 0.717) is 29.7 Å². The molecular formula is C23H24N6O2S. The fraction of sp³-hybridized carbons (Fsp3) is 0.217. The smallest absolute Gasteiger partial charge is 0.230 e. The number of nitrogens with one attached hydrogen (secondary N) is 2. The van der Waals surface area contributed by atoms with Gasteiger partial charge < -0.3 is 15.0 Å². The van der Waals surface area contributed by atoms with Crippen molar-refractivity contribution in [3.05, 3.63) is 72.3 Å². The van der Waals surface area contributed by atoms with Gasteiger partial charge in [-0.3, -0.25) is 9.36 Å². The molecule has 0 saturated heterocycles. The van der Waals surface area contributed by atoms with E-state index < -0.39 is 0 Å². The van der Waals surface area contributed by atoms with Crippen molar-refractivity contribution in [2.24, 2.45) is 0 Å². The number of methoxy groups -OCH3 is 1. The number of nitrogens with zero attached hydrogens (tertiary/aromatic N) is 4. The van der Waals surface area contributed by atoms with Crippen molar-refractivity contribution >= 4 is 17.7 Å². The van der Waals surface area contributed by atoms with Crippen molar-refractivity contribution in [1.29, 1.82) is 0 Å². The first-order valence-electron chi connectivity index (χ1n) is 10.2. The number of aromatic nitrogens is 5. The Morgan fingerprint density at radius 1 is 1.16 bits per heavy atom. The minimum Gasteiger partial charge on any atom is -0.496 e. The van der Waals surface area contributed by atoms with Gasteiger partial charge in [0.25, 0.3) is 0 Å². The van der Waals surface area contributed by atoms with E-state index in [9.17, 15) is 4.79 Å². The Bertz CT molecular complexity index is 1170. The van der Waals surface area contributed by atoms with Crippen LogP contribution in [0.1, 0.15) is 11.3 Å². The maximum Gasteiger partial charge on any atom is 0.230 e. The van der Waals surface area contributed by atoms with Gasteiger partial charge in [-0.1, -0.05) is 41.6 Å². The van der Waals surface area contributed by atoms with E-state index in [2.05, 4.69) is 25.5 Å². The molecule has 0 saturated carbocycles. The Labute approximate surface area is 190 Å². The van der Waals surface area contributed by atoms with Crippen LogP contribution in [-0.2, 0) is 11.2 Å². The second-order valence-electron chi connectivity index (χ2n) is 7.14. The molecule has 1 amide bonds. The number of carbonyl (C=O) groups excluding carboxylic acids is 1. The van der Waals surface area contributed by atoms with Crippen molar-refractivity contribution in [2.45, 2.75) is 18.5 Å². The number of imidazole rings is 1. The second-order valence-corrected chi connectivity index (χ2v) is 8.09. The van der Waals surface area contributed by atoms with Gasteiger partial charge in [-0.05, 0) is 31.2 Å². The molecular weight excluding hydrogens is 424 g/mol. The molecule has 0 radical (unpaired) electrons. The monoisotopic (exact) mass is 448 g/mol. The molecule has 0 unspecified atom stereocenters. The van der Waals surface area contributed by atoms with Crippen LogP contribution in [0.25, 0.3) is 17.1 Å². The van der Waals surface area contributed by atoms with Crippen LogP contribution in [0.15, 0.2) is 66.2 Å². The standard InChI is InChI=1S/C23H24N6O2S/c1-16-7-9-18(10-8-16)29-22(19-5-3-4-6-20(19)31-2)27-28-23(29)32-14-21(30)25-12-11-17-13-24-15-26-17/h3-10,13,15H,11-12,14H2,1-2H3,(H,24,26)(H,25,30). The topological polar surface area (TPSA) is 97.7 Å². The maximum absolute atomic E-state index is 12.4. The van der Waals surface area contributed by atoms with Gasteiger partial charge in [0.15, 0.2) is 11.0 Å². The van der Waals surface area contributed by atoms with Gasteiger partial charge >= 0.3 is 0 Å². The molecule has 4 aromatic rings. The van der Waals surface area contributed by atoms with Gasteiger partial charge in [-0.2, -0.15) is 0 Å². The van der Waals surface area contributed by atoms with Crippen molar-refractivity contribution in [3.8, 4) is 22.8 Å². The molecule has 32 heavy (non-hydrogen) atoms. The first kappa shape index (κ1) is 21.6. The fourth-order valence-electron chi connectivity index (χ4n) is 3.23. The summed E-state index contributed by atoms with van der Waals surface area (Å²) in [6, 6.07) is 15.8. The number of carbonyl (C=O) groups is 1. The lowest BCUT2D eigenvalue weighted by Gasteiger charge is -2.12. The fourth-order valence-corrected chi connectivity index (χ4v) is 4.01. The van der Waals surface area contributed by atoms with E-state index >= 15 is 0 Å². The summed E-state index contributed by atoms with van der Waals surface area (Å²) >= 11 is 1.35. The number of thioether (sulfide) groups is 1. The van der Waals surface area contributed by atoms with Crippen molar-refractivity contribution in [3.63, 3.8) is 0 Å². The van der Waals surface area contributed by atoms with Crippen LogP contribution in [0.2, 0.25) is 0 Å². The van der Waals surface area contributed by atoms with E-state index in [0.717, 1.165) is 22.5 Å². The van der Waals surface area contributed by atoms with Crippen LogP contribution in [0.3, 0.4) is 0 Å². The molecule has 2 N–H and O–H groups in total. The number of benzene rings is 2. The first-order valence-corrected chi connectivity index (χ1v) is 11.2. The summed E-state index contributed by atoms with van der Waals surface area (Å²) in [6.45, 7) is 2.58. The molecule has 2 aromatic heterocycles. The molecule has 2 heterocycles. The Morgan fingerprint density at radius 3 is 2.72 bits per heavy atom. The van der Waals surface area contributed by atoms with E-state index in [1.165, 1.54) is 11.8 Å². The minimum atomic E-state index is -0.0631. The summed E-state index contributed by atoms with van der Waals surface area (Å²) in [4.78, 5) is 19.4. The molecule has 0 atom stereocenters. The van der Waals surface area contributed by atoms with Gasteiger partial charge in [0.05, 0.1) is 24.8 Å². The van der Waals surface area contributed by atoms with E-state index in [1.807, 2.05) is 60.0 Å². The Hall–Kier alpha value is -3.59. The molecule has 0 fully saturated rings. The molecule has 4 rings (SSSR count). The predicted molar refractivity (Wildman–Crippen MR) is 124 cm³/mol. The summed E-state index contributed by atoms with van der Waals surface area (Å²) in [7, 11) is 1.63. The van der Waals surface area contributed by atoms with Crippen LogP contribution in [0, 0.1) is 6.92 Å². The number of para-hydroxylation sites is 1. The van der Waals surface area contributed by atoms with Crippen molar-refractivity contribution in [1.82, 2.24) is 30.0 Å². The lowest BCUT2D eigenvalue weighted by Crippen LogP contribution is -2.27. The number of aryl methyl sites for hydroxylation is 1. The average Bonchev–Trinajstić information content (AvgIpc) is 3.48. The number of rotatable bonds is 9. The molecule has 8 nitrogen and oxygen atoms in total. The number of aromatic amines is 1. The highest BCUT2D eigenvalue weighted by Crippen LogP contribution is 2.33. The zero-order valence-corrected chi connectivity index (χ0v) is 18.7. The lowest BCUT2D eigenvalue weighted by molar-refractivity contribution is -0.118. The highest BCUT2D eigenvalue weighted by Gasteiger charge is 2.19. The van der Waals surface area contributed by atoms with Crippen LogP contribution in [0.5, 0.6) is 5.75 Å². The lowest BCUT2D eigenvalue weighted by atomic mass is 10.1. The molecule has 9 heteroatoms. The quantitative estimate of drug-likeness (QED) is 0.381. The Morgan fingerprint density at radius 2 is 1.97 bits per heavy atom. The summed E-state index contributed by atoms with van der Waals surface area (Å²) in [5.41, 5.74) is 3.90. The van der Waals surface area contributed by atoms with Crippen LogP contribution >= 0.6 is 11.8 Å². The summed E-state index contributed by atoms with van der Waals surface area (Å²) in [5.74, 6) is 1.54. The number of hydrogen-bond donors (Lipinski definition) is 2. The molecule has 0 aliphatic heterocycles. The third kappa shape index (κ3) is 5.00. The molecule has 0 aliphatic rings. The zero-order valence-electron chi connectivity index (χ0n) is 17.9. The maximum atomic E-state index is 12.4. The van der Waals surface area contributed by atoms with Crippen LogP contribution in [-0.4, -0.2) is 50.0 Å². The van der Waals surface area contributed by atoms with Crippen molar-refractivity contribution in [2.75, 3.05) is 19.4 Å². The Balaban J connectivity index is 1.54. The third-order valence-corrected chi connectivity index (χ3v) is 5.81. The van der Waals surface area contributed by atoms with Crippen molar-refractivity contribution < 1.29 is 9.53 Å². The van der Waals surface area contributed by atoms with Gasteiger partial charge in [-0.15, -0.1) is 10.2 Å².